The van der Waals surface area contributed by atoms with E-state index in [0.29, 0.717) is 24.4 Å². The quantitative estimate of drug-likeness (QED) is 0.0922. The second-order valence-electron chi connectivity index (χ2n) is 14.3. The van der Waals surface area contributed by atoms with Gasteiger partial charge >= 0.3 is 14.2 Å². The molecule has 0 bridgehead atoms. The van der Waals surface area contributed by atoms with Crippen LogP contribution in [0.5, 0.6) is 23.0 Å². The van der Waals surface area contributed by atoms with Crippen LogP contribution in [-0.4, -0.2) is 36.1 Å². The molecule has 3 N–H and O–H groups in total. The van der Waals surface area contributed by atoms with Crippen molar-refractivity contribution in [2.75, 3.05) is 6.61 Å². The topological polar surface area (TPSA) is 88.4 Å². The van der Waals surface area contributed by atoms with E-state index in [1.807, 2.05) is 24.3 Å². The number of benzene rings is 2. The highest BCUT2D eigenvalue weighted by atomic mass is 16.6. The van der Waals surface area contributed by atoms with Gasteiger partial charge in [0.25, 0.3) is 0 Å². The van der Waals surface area contributed by atoms with Gasteiger partial charge in [-0.2, -0.15) is 0 Å². The zero-order chi connectivity index (χ0) is 33.3. The zero-order valence-electron chi connectivity index (χ0n) is 29.5. The molecule has 0 radical (unpaired) electrons. The van der Waals surface area contributed by atoms with Crippen molar-refractivity contribution < 1.29 is 29.2 Å². The van der Waals surface area contributed by atoms with Gasteiger partial charge in [0.2, 0.25) is 0 Å². The van der Waals surface area contributed by atoms with Crippen LogP contribution in [-0.2, 0) is 4.65 Å². The fraction of sp³-hybridized carbons (Fsp3) is 0.692. The molecule has 2 unspecified atom stereocenters. The number of aromatic hydroxyl groups is 2. The minimum atomic E-state index is -0.643. The Hall–Kier alpha value is -2.31. The lowest BCUT2D eigenvalue weighted by Gasteiger charge is -2.31. The molecule has 0 aromatic heterocycles. The van der Waals surface area contributed by atoms with Gasteiger partial charge in [-0.25, -0.2) is 0 Å². The smallest absolute Gasteiger partial charge is 0.526 e. The molecule has 260 valence electrons. The fourth-order valence-corrected chi connectivity index (χ4v) is 7.76. The largest absolute Gasteiger partial charge is 0.594 e. The van der Waals surface area contributed by atoms with Gasteiger partial charge in [0.05, 0.1) is 0 Å². The van der Waals surface area contributed by atoms with Gasteiger partial charge in [-0.15, -0.1) is 0 Å². The minimum Gasteiger partial charge on any atom is -0.526 e. The molecule has 2 saturated carbocycles. The number of hydrogen-bond donors (Lipinski definition) is 3. The second-order valence-corrected chi connectivity index (χ2v) is 14.3. The van der Waals surface area contributed by atoms with Crippen molar-refractivity contribution >= 4 is 14.2 Å². The van der Waals surface area contributed by atoms with Gasteiger partial charge < -0.3 is 29.2 Å². The summed E-state index contributed by atoms with van der Waals surface area (Å²) in [5.74, 6) is 3.49. The molecule has 0 saturated heterocycles. The van der Waals surface area contributed by atoms with Gasteiger partial charge in [0.1, 0.15) is 23.0 Å². The summed E-state index contributed by atoms with van der Waals surface area (Å²) in [7, 11) is -1.10. The second kappa shape index (κ2) is 20.9. The summed E-state index contributed by atoms with van der Waals surface area (Å²) < 4.78 is 19.2. The third-order valence-corrected chi connectivity index (χ3v) is 10.4. The predicted octanol–water partition coefficient (Wildman–Crippen LogP) is 10.8. The molecule has 0 spiro atoms. The summed E-state index contributed by atoms with van der Waals surface area (Å²) in [6.07, 6.45) is 23.1. The molecule has 8 heteroatoms. The van der Waals surface area contributed by atoms with Crippen molar-refractivity contribution in [1.29, 1.82) is 0 Å². The Morgan fingerprint density at radius 3 is 1.89 bits per heavy atom. The third kappa shape index (κ3) is 12.9. The summed E-state index contributed by atoms with van der Waals surface area (Å²) in [6, 6.07) is 11.1. The molecule has 4 rings (SSSR count). The fourth-order valence-electron chi connectivity index (χ4n) is 7.76. The van der Waals surface area contributed by atoms with E-state index >= 15 is 0 Å². The maximum absolute atomic E-state index is 10.6. The van der Waals surface area contributed by atoms with Gasteiger partial charge in [-0.05, 0) is 110 Å². The van der Waals surface area contributed by atoms with Crippen LogP contribution in [0, 0.1) is 5.92 Å². The van der Waals surface area contributed by atoms with Crippen LogP contribution in [0.1, 0.15) is 159 Å². The van der Waals surface area contributed by atoms with Crippen molar-refractivity contribution in [2.45, 2.75) is 160 Å². The Labute approximate surface area is 286 Å². The average molecular weight is 649 g/mol. The zero-order valence-corrected chi connectivity index (χ0v) is 29.5. The van der Waals surface area contributed by atoms with E-state index in [0.717, 1.165) is 106 Å². The van der Waals surface area contributed by atoms with E-state index in [2.05, 4.69) is 13.8 Å². The van der Waals surface area contributed by atoms with Crippen LogP contribution in [0.25, 0.3) is 0 Å². The summed E-state index contributed by atoms with van der Waals surface area (Å²) in [4.78, 5) is 0. The number of unbranched alkanes of at least 4 members (excludes halogenated alkanes) is 6. The lowest BCUT2D eigenvalue weighted by molar-refractivity contribution is 0.227. The number of phenols is 2. The lowest BCUT2D eigenvalue weighted by atomic mass is 9.75. The van der Waals surface area contributed by atoms with E-state index in [1.54, 1.807) is 12.1 Å². The van der Waals surface area contributed by atoms with Crippen LogP contribution in [0.3, 0.4) is 0 Å². The maximum atomic E-state index is 10.6. The Kier molecular flexibility index (Phi) is 16.7. The van der Waals surface area contributed by atoms with Gasteiger partial charge in [-0.3, -0.25) is 0 Å². The number of rotatable bonds is 21. The van der Waals surface area contributed by atoms with Crippen molar-refractivity contribution in [2.24, 2.45) is 5.92 Å². The Bertz CT molecular complexity index is 1160. The van der Waals surface area contributed by atoms with Gasteiger partial charge in [0.15, 0.2) is 0 Å². The molecule has 0 amide bonds. The Morgan fingerprint density at radius 2 is 1.26 bits per heavy atom. The highest BCUT2D eigenvalue weighted by Crippen LogP contribution is 2.44. The number of hydrogen-bond acceptors (Lipinski definition) is 6. The Balaban J connectivity index is 1.41. The first-order valence-corrected chi connectivity index (χ1v) is 19.3. The normalized spacial score (nSPS) is 18.6. The van der Waals surface area contributed by atoms with Gasteiger partial charge in [-0.1, -0.05) is 97.3 Å². The molecule has 47 heavy (non-hydrogen) atoms. The molecule has 0 heterocycles. The lowest BCUT2D eigenvalue weighted by Crippen LogP contribution is -2.31. The van der Waals surface area contributed by atoms with E-state index in [4.69, 9.17) is 14.0 Å². The molecule has 2 aromatic rings. The van der Waals surface area contributed by atoms with E-state index in [9.17, 15) is 15.2 Å². The molecule has 2 aromatic carbocycles. The molecular formula is C39H62B2O6. The molecule has 2 aliphatic carbocycles. The molecular weight excluding hydrogens is 586 g/mol. The SMILES string of the molecule is CCCCCCB(O)OCCCC1CCCC(c2cc(O)ccc2OB(CCCCCC)Oc2ccc(O)cc2C2CCCCC2)C1. The summed E-state index contributed by atoms with van der Waals surface area (Å²) in [5, 5.41) is 31.1. The van der Waals surface area contributed by atoms with Crippen molar-refractivity contribution in [3.05, 3.63) is 47.5 Å². The molecule has 2 fully saturated rings. The first kappa shape index (κ1) is 37.5. The molecule has 0 aliphatic heterocycles. The summed E-state index contributed by atoms with van der Waals surface area (Å²) in [6.45, 7) is 5.03. The van der Waals surface area contributed by atoms with Crippen LogP contribution < -0.4 is 9.31 Å². The standard InChI is InChI=1S/C39H62B2O6/c1-3-5-7-12-25-40(44)45-27-15-17-31-16-14-20-33(28-31)37-30-35(43)22-24-39(37)47-41(26-13-8-6-4-2)46-38-23-21-34(42)29-36(38)32-18-10-9-11-19-32/h21-24,29-33,42-44H,3-20,25-28H2,1-2H3. The van der Waals surface area contributed by atoms with Gasteiger partial charge in [0, 0.05) is 12.9 Å². The minimum absolute atomic E-state index is 0.273. The number of phenolic OH excluding ortho intramolecular Hbond substituents is 2. The third-order valence-electron chi connectivity index (χ3n) is 10.4. The van der Waals surface area contributed by atoms with Crippen molar-refractivity contribution in [3.63, 3.8) is 0 Å². The van der Waals surface area contributed by atoms with Crippen LogP contribution in [0.4, 0.5) is 0 Å². The average Bonchev–Trinajstić information content (AvgIpc) is 3.09. The van der Waals surface area contributed by atoms with E-state index in [1.165, 1.54) is 51.4 Å². The highest BCUT2D eigenvalue weighted by molar-refractivity contribution is 6.46. The first-order valence-electron chi connectivity index (χ1n) is 19.3. The highest BCUT2D eigenvalue weighted by Gasteiger charge is 2.30. The Morgan fingerprint density at radius 1 is 0.660 bits per heavy atom. The van der Waals surface area contributed by atoms with Crippen molar-refractivity contribution in [1.82, 2.24) is 0 Å². The van der Waals surface area contributed by atoms with E-state index < -0.39 is 14.2 Å². The van der Waals surface area contributed by atoms with Crippen molar-refractivity contribution in [3.8, 4) is 23.0 Å². The van der Waals surface area contributed by atoms with Crippen LogP contribution in [0.2, 0.25) is 12.6 Å². The molecule has 2 atom stereocenters. The van der Waals surface area contributed by atoms with E-state index in [-0.39, 0.29) is 11.5 Å². The van der Waals surface area contributed by atoms with Crippen LogP contribution in [0.15, 0.2) is 36.4 Å². The monoisotopic (exact) mass is 648 g/mol. The summed E-state index contributed by atoms with van der Waals surface area (Å²) in [5.41, 5.74) is 2.18. The molecule has 2 aliphatic rings. The maximum Gasteiger partial charge on any atom is 0.594 e. The predicted molar refractivity (Wildman–Crippen MR) is 195 cm³/mol. The van der Waals surface area contributed by atoms with Crippen LogP contribution >= 0.6 is 0 Å². The first-order chi connectivity index (χ1) is 23.0. The summed E-state index contributed by atoms with van der Waals surface area (Å²) >= 11 is 0. The molecule has 6 nitrogen and oxygen atoms in total.